The van der Waals surface area contributed by atoms with Crippen LogP contribution in [0.3, 0.4) is 0 Å². The Labute approximate surface area is 100 Å². The Morgan fingerprint density at radius 1 is 1.53 bits per heavy atom. The number of benzene rings is 1. The zero-order valence-electron chi connectivity index (χ0n) is 10.0. The SMILES string of the molecule is Cc1cccc(C(=O)NCC(C)(O)CO)c1N. The highest BCUT2D eigenvalue weighted by Crippen LogP contribution is 2.16. The van der Waals surface area contributed by atoms with Crippen LogP contribution in [0.25, 0.3) is 0 Å². The van der Waals surface area contributed by atoms with Gasteiger partial charge in [0.15, 0.2) is 0 Å². The molecule has 0 bridgehead atoms. The molecule has 17 heavy (non-hydrogen) atoms. The summed E-state index contributed by atoms with van der Waals surface area (Å²) in [6.07, 6.45) is 0. The Bertz CT molecular complexity index is 416. The van der Waals surface area contributed by atoms with Gasteiger partial charge in [-0.05, 0) is 25.5 Å². The molecular formula is C12H18N2O3. The Morgan fingerprint density at radius 2 is 2.18 bits per heavy atom. The van der Waals surface area contributed by atoms with Crippen molar-refractivity contribution in [2.24, 2.45) is 0 Å². The van der Waals surface area contributed by atoms with E-state index in [-0.39, 0.29) is 12.5 Å². The number of nitrogens with two attached hydrogens (primary N) is 1. The van der Waals surface area contributed by atoms with E-state index in [0.29, 0.717) is 11.3 Å². The average Bonchev–Trinajstić information content (AvgIpc) is 2.30. The van der Waals surface area contributed by atoms with Gasteiger partial charge >= 0.3 is 0 Å². The van der Waals surface area contributed by atoms with Crippen LogP contribution in [0.1, 0.15) is 22.8 Å². The lowest BCUT2D eigenvalue weighted by Gasteiger charge is -2.20. The highest BCUT2D eigenvalue weighted by atomic mass is 16.3. The van der Waals surface area contributed by atoms with Crippen LogP contribution in [-0.2, 0) is 0 Å². The van der Waals surface area contributed by atoms with Gasteiger partial charge in [-0.3, -0.25) is 4.79 Å². The first-order valence-corrected chi connectivity index (χ1v) is 5.34. The van der Waals surface area contributed by atoms with E-state index < -0.39 is 12.2 Å². The van der Waals surface area contributed by atoms with Crippen molar-refractivity contribution in [2.75, 3.05) is 18.9 Å². The van der Waals surface area contributed by atoms with Gasteiger partial charge < -0.3 is 21.3 Å². The molecule has 0 aliphatic heterocycles. The molecule has 5 N–H and O–H groups in total. The molecule has 0 heterocycles. The molecule has 5 heteroatoms. The Balaban J connectivity index is 2.74. The summed E-state index contributed by atoms with van der Waals surface area (Å²) in [6.45, 7) is 2.80. The number of rotatable bonds is 4. The molecule has 1 atom stereocenters. The summed E-state index contributed by atoms with van der Waals surface area (Å²) < 4.78 is 0. The molecule has 0 aromatic heterocycles. The fraction of sp³-hybridized carbons (Fsp3) is 0.417. The van der Waals surface area contributed by atoms with Gasteiger partial charge in [0.2, 0.25) is 0 Å². The lowest BCUT2D eigenvalue weighted by atomic mass is 10.1. The van der Waals surface area contributed by atoms with Crippen LogP contribution in [0.2, 0.25) is 0 Å². The van der Waals surface area contributed by atoms with E-state index in [1.54, 1.807) is 12.1 Å². The molecule has 94 valence electrons. The molecule has 0 saturated carbocycles. The zero-order chi connectivity index (χ0) is 13.1. The monoisotopic (exact) mass is 238 g/mol. The number of aliphatic hydroxyl groups excluding tert-OH is 1. The number of aliphatic hydroxyl groups is 2. The molecule has 0 aliphatic carbocycles. The van der Waals surface area contributed by atoms with E-state index in [1.165, 1.54) is 6.92 Å². The second kappa shape index (κ2) is 5.16. The van der Waals surface area contributed by atoms with Gasteiger partial charge in [-0.15, -0.1) is 0 Å². The number of anilines is 1. The molecule has 1 rings (SSSR count). The summed E-state index contributed by atoms with van der Waals surface area (Å²) in [4.78, 5) is 11.8. The lowest BCUT2D eigenvalue weighted by molar-refractivity contribution is 0.00321. The highest BCUT2D eigenvalue weighted by Gasteiger charge is 2.20. The minimum absolute atomic E-state index is 0.0320. The van der Waals surface area contributed by atoms with Crippen LogP contribution in [-0.4, -0.2) is 34.9 Å². The van der Waals surface area contributed by atoms with Crippen molar-refractivity contribution >= 4 is 11.6 Å². The molecule has 0 saturated heterocycles. The highest BCUT2D eigenvalue weighted by molar-refractivity contribution is 5.99. The molecule has 0 radical (unpaired) electrons. The normalized spacial score (nSPS) is 14.1. The molecule has 1 aromatic carbocycles. The minimum atomic E-state index is -1.33. The largest absolute Gasteiger partial charge is 0.398 e. The number of nitrogen functional groups attached to an aromatic ring is 1. The fourth-order valence-electron chi connectivity index (χ4n) is 1.30. The number of hydrogen-bond acceptors (Lipinski definition) is 4. The second-order valence-corrected chi connectivity index (χ2v) is 4.37. The summed E-state index contributed by atoms with van der Waals surface area (Å²) in [5, 5.41) is 20.9. The summed E-state index contributed by atoms with van der Waals surface area (Å²) >= 11 is 0. The van der Waals surface area contributed by atoms with Crippen LogP contribution in [0.5, 0.6) is 0 Å². The van der Waals surface area contributed by atoms with E-state index >= 15 is 0 Å². The van der Waals surface area contributed by atoms with Gasteiger partial charge in [0.1, 0.15) is 5.60 Å². The van der Waals surface area contributed by atoms with Crippen molar-refractivity contribution < 1.29 is 15.0 Å². The maximum Gasteiger partial charge on any atom is 0.253 e. The summed E-state index contributed by atoms with van der Waals surface area (Å²) in [5.74, 6) is -0.361. The van der Waals surface area contributed by atoms with Gasteiger partial charge in [-0.2, -0.15) is 0 Å². The molecule has 0 aliphatic rings. The van der Waals surface area contributed by atoms with Gasteiger partial charge in [0.25, 0.3) is 5.91 Å². The van der Waals surface area contributed by atoms with Crippen molar-refractivity contribution in [3.63, 3.8) is 0 Å². The third kappa shape index (κ3) is 3.44. The first kappa shape index (κ1) is 13.5. The quantitative estimate of drug-likeness (QED) is 0.557. The Morgan fingerprint density at radius 3 is 2.76 bits per heavy atom. The summed E-state index contributed by atoms with van der Waals surface area (Å²) in [7, 11) is 0. The molecule has 1 unspecified atom stereocenters. The summed E-state index contributed by atoms with van der Waals surface area (Å²) in [6, 6.07) is 5.17. The molecular weight excluding hydrogens is 220 g/mol. The van der Waals surface area contributed by atoms with Gasteiger partial charge in [0, 0.05) is 12.2 Å². The van der Waals surface area contributed by atoms with Crippen molar-refractivity contribution in [1.29, 1.82) is 0 Å². The molecule has 5 nitrogen and oxygen atoms in total. The number of para-hydroxylation sites is 1. The number of nitrogens with one attached hydrogen (secondary N) is 1. The Hall–Kier alpha value is -1.59. The van der Waals surface area contributed by atoms with E-state index in [0.717, 1.165) is 5.56 Å². The van der Waals surface area contributed by atoms with Crippen LogP contribution >= 0.6 is 0 Å². The zero-order valence-corrected chi connectivity index (χ0v) is 10.0. The molecule has 1 aromatic rings. The van der Waals surface area contributed by atoms with Crippen molar-refractivity contribution in [2.45, 2.75) is 19.4 Å². The third-order valence-corrected chi connectivity index (χ3v) is 2.54. The third-order valence-electron chi connectivity index (χ3n) is 2.54. The van der Waals surface area contributed by atoms with Gasteiger partial charge in [-0.25, -0.2) is 0 Å². The number of carbonyl (C=O) groups excluding carboxylic acids is 1. The smallest absolute Gasteiger partial charge is 0.253 e. The lowest BCUT2D eigenvalue weighted by Crippen LogP contribution is -2.43. The van der Waals surface area contributed by atoms with Gasteiger partial charge in [0.05, 0.1) is 12.2 Å². The predicted molar refractivity (Wildman–Crippen MR) is 65.6 cm³/mol. The van der Waals surface area contributed by atoms with Crippen LogP contribution in [0.15, 0.2) is 18.2 Å². The van der Waals surface area contributed by atoms with Crippen LogP contribution in [0.4, 0.5) is 5.69 Å². The molecule has 0 fully saturated rings. The van der Waals surface area contributed by atoms with Crippen LogP contribution < -0.4 is 11.1 Å². The van der Waals surface area contributed by atoms with Gasteiger partial charge in [-0.1, -0.05) is 12.1 Å². The first-order valence-electron chi connectivity index (χ1n) is 5.34. The number of hydrogen-bond donors (Lipinski definition) is 4. The number of amides is 1. The second-order valence-electron chi connectivity index (χ2n) is 4.37. The Kier molecular flexibility index (Phi) is 4.09. The van der Waals surface area contributed by atoms with Crippen LogP contribution in [0, 0.1) is 6.92 Å². The van der Waals surface area contributed by atoms with Crippen molar-refractivity contribution in [3.05, 3.63) is 29.3 Å². The van der Waals surface area contributed by atoms with Crippen molar-refractivity contribution in [1.82, 2.24) is 5.32 Å². The van der Waals surface area contributed by atoms with E-state index in [2.05, 4.69) is 5.32 Å². The number of aryl methyl sites for hydroxylation is 1. The van der Waals surface area contributed by atoms with E-state index in [4.69, 9.17) is 10.8 Å². The average molecular weight is 238 g/mol. The topological polar surface area (TPSA) is 95.6 Å². The summed E-state index contributed by atoms with van der Waals surface area (Å²) in [5.41, 5.74) is 6.08. The fourth-order valence-corrected chi connectivity index (χ4v) is 1.30. The van der Waals surface area contributed by atoms with E-state index in [1.807, 2.05) is 13.0 Å². The first-order chi connectivity index (χ1) is 7.87. The van der Waals surface area contributed by atoms with Crippen molar-refractivity contribution in [3.8, 4) is 0 Å². The maximum absolute atomic E-state index is 11.8. The molecule has 1 amide bonds. The molecule has 0 spiro atoms. The number of carbonyl (C=O) groups is 1. The minimum Gasteiger partial charge on any atom is -0.398 e. The standard InChI is InChI=1S/C12H18N2O3/c1-8-4-3-5-9(10(8)13)11(16)14-6-12(2,17)7-15/h3-5,15,17H,6-7,13H2,1-2H3,(H,14,16). The maximum atomic E-state index is 11.8. The predicted octanol–water partition coefficient (Wildman–Crippen LogP) is 0.0503. The van der Waals surface area contributed by atoms with E-state index in [9.17, 15) is 9.90 Å².